The first-order chi connectivity index (χ1) is 11.6. The molecule has 0 unspecified atom stereocenters. The molecule has 1 saturated carbocycles. The highest BCUT2D eigenvalue weighted by Gasteiger charge is 2.25. The van der Waals surface area contributed by atoms with E-state index in [4.69, 9.17) is 0 Å². The Bertz CT molecular complexity index is 610. The Morgan fingerprint density at radius 2 is 2.04 bits per heavy atom. The van der Waals surface area contributed by atoms with Gasteiger partial charge in [-0.1, -0.05) is 0 Å². The normalized spacial score (nSPS) is 17.7. The van der Waals surface area contributed by atoms with E-state index >= 15 is 0 Å². The van der Waals surface area contributed by atoms with Crippen LogP contribution in [-0.4, -0.2) is 48.0 Å². The maximum atomic E-state index is 12.2. The summed E-state index contributed by atoms with van der Waals surface area (Å²) in [7, 11) is 0. The van der Waals surface area contributed by atoms with Crippen molar-refractivity contribution in [1.82, 2.24) is 10.2 Å². The van der Waals surface area contributed by atoms with Crippen LogP contribution in [0.25, 0.3) is 0 Å². The van der Waals surface area contributed by atoms with Crippen LogP contribution < -0.4 is 10.6 Å². The summed E-state index contributed by atoms with van der Waals surface area (Å²) in [4.78, 5) is 25.4. The van der Waals surface area contributed by atoms with E-state index in [1.807, 2.05) is 0 Å². The van der Waals surface area contributed by atoms with E-state index in [1.165, 1.54) is 18.9 Å². The predicted octanol–water partition coefficient (Wildman–Crippen LogP) is 2.38. The number of rotatable bonds is 8. The molecule has 0 radical (unpaired) electrons. The van der Waals surface area contributed by atoms with Gasteiger partial charge in [0.05, 0.1) is 4.92 Å². The highest BCUT2D eigenvalue weighted by Crippen LogP contribution is 2.31. The lowest BCUT2D eigenvalue weighted by atomic mass is 10.1. The van der Waals surface area contributed by atoms with Crippen LogP contribution in [-0.2, 0) is 0 Å². The molecule has 0 aromatic heterocycles. The second-order valence-corrected chi connectivity index (χ2v) is 6.57. The van der Waals surface area contributed by atoms with E-state index in [-0.39, 0.29) is 11.6 Å². The zero-order valence-electron chi connectivity index (χ0n) is 13.8. The van der Waals surface area contributed by atoms with Crippen LogP contribution in [0.15, 0.2) is 18.2 Å². The third-order valence-corrected chi connectivity index (χ3v) is 4.53. The van der Waals surface area contributed by atoms with Gasteiger partial charge in [-0.25, -0.2) is 0 Å². The number of anilines is 1. The molecular formula is C17H24N4O3. The molecule has 1 aliphatic carbocycles. The number of nitro groups is 1. The molecule has 3 rings (SSSR count). The number of nitro benzene ring substituents is 1. The number of likely N-dealkylation sites (tertiary alicyclic amines) is 1. The summed E-state index contributed by atoms with van der Waals surface area (Å²) >= 11 is 0. The zero-order chi connectivity index (χ0) is 16.9. The zero-order valence-corrected chi connectivity index (χ0v) is 13.8. The van der Waals surface area contributed by atoms with E-state index in [0.717, 1.165) is 38.9 Å². The molecule has 0 bridgehead atoms. The van der Waals surface area contributed by atoms with Gasteiger partial charge in [0.25, 0.3) is 11.6 Å². The summed E-state index contributed by atoms with van der Waals surface area (Å²) in [5.41, 5.74) is 0.795. The van der Waals surface area contributed by atoms with Crippen LogP contribution in [0.5, 0.6) is 0 Å². The van der Waals surface area contributed by atoms with E-state index in [9.17, 15) is 14.9 Å². The number of benzene rings is 1. The van der Waals surface area contributed by atoms with Crippen molar-refractivity contribution < 1.29 is 9.72 Å². The third-order valence-electron chi connectivity index (χ3n) is 4.53. The summed E-state index contributed by atoms with van der Waals surface area (Å²) in [6.45, 7) is 3.88. The van der Waals surface area contributed by atoms with Gasteiger partial charge in [0, 0.05) is 24.2 Å². The highest BCUT2D eigenvalue weighted by molar-refractivity contribution is 5.95. The van der Waals surface area contributed by atoms with Gasteiger partial charge < -0.3 is 15.5 Å². The molecular weight excluding hydrogens is 308 g/mol. The summed E-state index contributed by atoms with van der Waals surface area (Å²) in [5, 5.41) is 17.2. The SMILES string of the molecule is O=C(NCCCN1CCCC1)c1ccc(NC2CC2)c([N+](=O)[O-])c1. The van der Waals surface area contributed by atoms with Crippen molar-refractivity contribution in [3.63, 3.8) is 0 Å². The molecule has 1 aromatic rings. The Balaban J connectivity index is 1.53. The Morgan fingerprint density at radius 3 is 2.71 bits per heavy atom. The van der Waals surface area contributed by atoms with Crippen molar-refractivity contribution in [3.05, 3.63) is 33.9 Å². The average Bonchev–Trinajstić information content (AvgIpc) is 3.23. The van der Waals surface area contributed by atoms with Crippen LogP contribution in [0.2, 0.25) is 0 Å². The molecule has 0 atom stereocenters. The van der Waals surface area contributed by atoms with Gasteiger partial charge in [0.2, 0.25) is 0 Å². The Morgan fingerprint density at radius 1 is 1.29 bits per heavy atom. The lowest BCUT2D eigenvalue weighted by Gasteiger charge is -2.14. The first kappa shape index (κ1) is 16.7. The largest absolute Gasteiger partial charge is 0.377 e. The molecule has 7 nitrogen and oxygen atoms in total. The number of carbonyl (C=O) groups excluding carboxylic acids is 1. The lowest BCUT2D eigenvalue weighted by molar-refractivity contribution is -0.384. The van der Waals surface area contributed by atoms with Gasteiger partial charge in [-0.15, -0.1) is 0 Å². The molecule has 24 heavy (non-hydrogen) atoms. The molecule has 1 amide bonds. The minimum atomic E-state index is -0.436. The number of nitrogens with zero attached hydrogens (tertiary/aromatic N) is 2. The van der Waals surface area contributed by atoms with Gasteiger partial charge in [-0.05, 0) is 63.9 Å². The number of nitrogens with one attached hydrogen (secondary N) is 2. The Labute approximate surface area is 141 Å². The van der Waals surface area contributed by atoms with E-state index in [0.29, 0.717) is 23.8 Å². The quantitative estimate of drug-likeness (QED) is 0.433. The standard InChI is InChI=1S/C17H24N4O3/c22-17(18-8-3-11-20-9-1-2-10-20)13-4-7-15(19-14-5-6-14)16(12-13)21(23)24/h4,7,12,14,19H,1-3,5-6,8-11H2,(H,18,22). The van der Waals surface area contributed by atoms with Crippen molar-refractivity contribution in [2.75, 3.05) is 31.5 Å². The van der Waals surface area contributed by atoms with Gasteiger partial charge in [-0.2, -0.15) is 0 Å². The average molecular weight is 332 g/mol. The maximum absolute atomic E-state index is 12.2. The Kier molecular flexibility index (Phi) is 5.30. The van der Waals surface area contributed by atoms with E-state index in [1.54, 1.807) is 12.1 Å². The first-order valence-electron chi connectivity index (χ1n) is 8.69. The van der Waals surface area contributed by atoms with Crippen molar-refractivity contribution in [1.29, 1.82) is 0 Å². The minimum Gasteiger partial charge on any atom is -0.377 e. The van der Waals surface area contributed by atoms with Crippen LogP contribution in [0.4, 0.5) is 11.4 Å². The monoisotopic (exact) mass is 332 g/mol. The molecule has 1 heterocycles. The van der Waals surface area contributed by atoms with Crippen LogP contribution in [0.1, 0.15) is 42.5 Å². The predicted molar refractivity (Wildman–Crippen MR) is 92.4 cm³/mol. The Hall–Kier alpha value is -2.15. The second-order valence-electron chi connectivity index (χ2n) is 6.57. The summed E-state index contributed by atoms with van der Waals surface area (Å²) < 4.78 is 0. The molecule has 130 valence electrons. The third kappa shape index (κ3) is 4.44. The number of carbonyl (C=O) groups is 1. The van der Waals surface area contributed by atoms with E-state index in [2.05, 4.69) is 15.5 Å². The topological polar surface area (TPSA) is 87.5 Å². The minimum absolute atomic E-state index is 0.0355. The van der Waals surface area contributed by atoms with Gasteiger partial charge >= 0.3 is 0 Å². The smallest absolute Gasteiger partial charge is 0.293 e. The molecule has 0 spiro atoms. The van der Waals surface area contributed by atoms with Crippen LogP contribution in [0.3, 0.4) is 0 Å². The maximum Gasteiger partial charge on any atom is 0.293 e. The summed E-state index contributed by atoms with van der Waals surface area (Å²) in [5.74, 6) is -0.252. The van der Waals surface area contributed by atoms with Crippen molar-refractivity contribution in [2.24, 2.45) is 0 Å². The number of hydrogen-bond donors (Lipinski definition) is 2. The van der Waals surface area contributed by atoms with Gasteiger partial charge in [0.15, 0.2) is 0 Å². The second kappa shape index (κ2) is 7.61. The van der Waals surface area contributed by atoms with Crippen LogP contribution in [0, 0.1) is 10.1 Å². The summed E-state index contributed by atoms with van der Waals surface area (Å²) in [6, 6.07) is 4.97. The first-order valence-corrected chi connectivity index (χ1v) is 8.69. The summed E-state index contributed by atoms with van der Waals surface area (Å²) in [6.07, 6.45) is 5.50. The van der Waals surface area contributed by atoms with E-state index < -0.39 is 4.92 Å². The fraction of sp³-hybridized carbons (Fsp3) is 0.588. The molecule has 1 aromatic carbocycles. The molecule has 1 saturated heterocycles. The molecule has 2 fully saturated rings. The fourth-order valence-electron chi connectivity index (χ4n) is 3.01. The van der Waals surface area contributed by atoms with Crippen molar-refractivity contribution >= 4 is 17.3 Å². The lowest BCUT2D eigenvalue weighted by Crippen LogP contribution is -2.28. The van der Waals surface area contributed by atoms with Crippen molar-refractivity contribution in [2.45, 2.75) is 38.1 Å². The fourth-order valence-corrected chi connectivity index (χ4v) is 3.01. The highest BCUT2D eigenvalue weighted by atomic mass is 16.6. The number of hydrogen-bond acceptors (Lipinski definition) is 5. The van der Waals surface area contributed by atoms with Crippen LogP contribution >= 0.6 is 0 Å². The molecule has 2 N–H and O–H groups in total. The number of amides is 1. The molecule has 7 heteroatoms. The van der Waals surface area contributed by atoms with Gasteiger partial charge in [0.1, 0.15) is 5.69 Å². The molecule has 2 aliphatic rings. The molecule has 1 aliphatic heterocycles. The van der Waals surface area contributed by atoms with Gasteiger partial charge in [-0.3, -0.25) is 14.9 Å². The van der Waals surface area contributed by atoms with Crippen molar-refractivity contribution in [3.8, 4) is 0 Å².